The van der Waals surface area contributed by atoms with E-state index in [1.54, 1.807) is 17.1 Å². The first-order chi connectivity index (χ1) is 6.66. The van der Waals surface area contributed by atoms with E-state index in [2.05, 4.69) is 23.9 Å². The van der Waals surface area contributed by atoms with Crippen molar-refractivity contribution in [1.82, 2.24) is 14.8 Å². The maximum Gasteiger partial charge on any atom is 0.229 e. The Morgan fingerprint density at radius 3 is 2.64 bits per heavy atom. The van der Waals surface area contributed by atoms with Crippen molar-refractivity contribution in [3.05, 3.63) is 24.4 Å². The molecule has 0 amide bonds. The summed E-state index contributed by atoms with van der Waals surface area (Å²) in [6.45, 7) is 4.15. The third-order valence-electron chi connectivity index (χ3n) is 2.04. The second-order valence-electron chi connectivity index (χ2n) is 3.63. The van der Waals surface area contributed by atoms with Crippen LogP contribution in [0, 0.1) is 0 Å². The molecular weight excluding hydrogens is 178 g/mol. The number of oxazole rings is 1. The summed E-state index contributed by atoms with van der Waals surface area (Å²) >= 11 is 0. The normalized spacial score (nSPS) is 11.1. The number of aryl methyl sites for hydroxylation is 1. The topological polar surface area (TPSA) is 43.9 Å². The highest BCUT2D eigenvalue weighted by molar-refractivity contribution is 5.49. The van der Waals surface area contributed by atoms with Crippen LogP contribution in [0.1, 0.15) is 25.5 Å². The molecule has 0 radical (unpaired) electrons. The number of hydrogen-bond donors (Lipinski definition) is 0. The minimum absolute atomic E-state index is 0.368. The zero-order valence-corrected chi connectivity index (χ0v) is 8.56. The molecule has 0 N–H and O–H groups in total. The van der Waals surface area contributed by atoms with Crippen LogP contribution in [0.2, 0.25) is 0 Å². The van der Waals surface area contributed by atoms with Crippen LogP contribution in [-0.2, 0) is 7.05 Å². The van der Waals surface area contributed by atoms with Gasteiger partial charge in [-0.2, -0.15) is 5.10 Å². The van der Waals surface area contributed by atoms with E-state index in [9.17, 15) is 0 Å². The van der Waals surface area contributed by atoms with Crippen LogP contribution in [-0.4, -0.2) is 14.8 Å². The summed E-state index contributed by atoms with van der Waals surface area (Å²) in [5, 5.41) is 4.06. The van der Waals surface area contributed by atoms with Crippen molar-refractivity contribution in [3.63, 3.8) is 0 Å². The van der Waals surface area contributed by atoms with Gasteiger partial charge in [0.05, 0.1) is 18.0 Å². The van der Waals surface area contributed by atoms with E-state index in [4.69, 9.17) is 4.42 Å². The zero-order valence-electron chi connectivity index (χ0n) is 8.56. The molecule has 0 atom stereocenters. The van der Waals surface area contributed by atoms with E-state index in [-0.39, 0.29) is 0 Å². The van der Waals surface area contributed by atoms with Gasteiger partial charge in [-0.1, -0.05) is 13.8 Å². The van der Waals surface area contributed by atoms with Crippen molar-refractivity contribution in [1.29, 1.82) is 0 Å². The lowest BCUT2D eigenvalue weighted by Crippen LogP contribution is -1.84. The lowest BCUT2D eigenvalue weighted by molar-refractivity contribution is 0.495. The Morgan fingerprint density at radius 2 is 2.14 bits per heavy atom. The molecule has 0 saturated carbocycles. The second-order valence-corrected chi connectivity index (χ2v) is 3.63. The maximum atomic E-state index is 5.58. The summed E-state index contributed by atoms with van der Waals surface area (Å²) in [4.78, 5) is 4.20. The van der Waals surface area contributed by atoms with E-state index < -0.39 is 0 Å². The number of rotatable bonds is 2. The third kappa shape index (κ3) is 1.55. The molecule has 0 saturated heterocycles. The fraction of sp³-hybridized carbons (Fsp3) is 0.400. The lowest BCUT2D eigenvalue weighted by Gasteiger charge is -1.95. The van der Waals surface area contributed by atoms with Gasteiger partial charge in [-0.15, -0.1) is 0 Å². The van der Waals surface area contributed by atoms with Crippen LogP contribution in [0.4, 0.5) is 0 Å². The van der Waals surface area contributed by atoms with Gasteiger partial charge in [-0.3, -0.25) is 4.68 Å². The Morgan fingerprint density at radius 1 is 1.36 bits per heavy atom. The first-order valence-electron chi connectivity index (χ1n) is 4.61. The molecule has 2 heterocycles. The van der Waals surface area contributed by atoms with Crippen LogP contribution >= 0.6 is 0 Å². The van der Waals surface area contributed by atoms with Gasteiger partial charge in [-0.05, 0) is 0 Å². The lowest BCUT2D eigenvalue weighted by atomic mass is 10.2. The summed E-state index contributed by atoms with van der Waals surface area (Å²) in [6.07, 6.45) is 5.40. The van der Waals surface area contributed by atoms with Gasteiger partial charge in [0.1, 0.15) is 5.76 Å². The van der Waals surface area contributed by atoms with Crippen LogP contribution < -0.4 is 0 Å². The minimum Gasteiger partial charge on any atom is -0.441 e. The number of hydrogen-bond acceptors (Lipinski definition) is 3. The molecule has 2 aromatic rings. The molecule has 0 aliphatic carbocycles. The molecule has 2 aromatic heterocycles. The Bertz CT molecular complexity index is 428. The molecule has 0 fully saturated rings. The third-order valence-corrected chi connectivity index (χ3v) is 2.04. The van der Waals surface area contributed by atoms with E-state index >= 15 is 0 Å². The molecule has 2 rings (SSSR count). The summed E-state index contributed by atoms with van der Waals surface area (Å²) in [5.41, 5.74) is 0.916. The summed E-state index contributed by atoms with van der Waals surface area (Å²) < 4.78 is 7.31. The van der Waals surface area contributed by atoms with E-state index in [0.29, 0.717) is 11.8 Å². The van der Waals surface area contributed by atoms with Gasteiger partial charge in [0.25, 0.3) is 0 Å². The fourth-order valence-electron chi connectivity index (χ4n) is 1.22. The Labute approximate surface area is 82.6 Å². The summed E-state index contributed by atoms with van der Waals surface area (Å²) in [7, 11) is 1.87. The molecule has 0 spiro atoms. The van der Waals surface area contributed by atoms with Gasteiger partial charge in [0, 0.05) is 19.2 Å². The SMILES string of the molecule is CC(C)c1cnc(-c2cnn(C)c2)o1. The van der Waals surface area contributed by atoms with Crippen LogP contribution in [0.15, 0.2) is 23.0 Å². The maximum absolute atomic E-state index is 5.58. The molecule has 0 aromatic carbocycles. The first-order valence-corrected chi connectivity index (χ1v) is 4.61. The van der Waals surface area contributed by atoms with Crippen LogP contribution in [0.5, 0.6) is 0 Å². The quantitative estimate of drug-likeness (QED) is 0.730. The fourth-order valence-corrected chi connectivity index (χ4v) is 1.22. The molecule has 0 bridgehead atoms. The van der Waals surface area contributed by atoms with Gasteiger partial charge in [-0.25, -0.2) is 4.98 Å². The smallest absolute Gasteiger partial charge is 0.229 e. The number of aromatic nitrogens is 3. The minimum atomic E-state index is 0.368. The molecule has 4 nitrogen and oxygen atoms in total. The van der Waals surface area contributed by atoms with Gasteiger partial charge in [0.15, 0.2) is 0 Å². The predicted molar refractivity (Wildman–Crippen MR) is 52.8 cm³/mol. The average Bonchev–Trinajstić information content (AvgIpc) is 2.70. The Balaban J connectivity index is 2.33. The Kier molecular flexibility index (Phi) is 2.11. The molecule has 4 heteroatoms. The van der Waals surface area contributed by atoms with Gasteiger partial charge in [0.2, 0.25) is 5.89 Å². The highest BCUT2D eigenvalue weighted by Gasteiger charge is 2.10. The predicted octanol–water partition coefficient (Wildman–Crippen LogP) is 2.20. The highest BCUT2D eigenvalue weighted by Crippen LogP contribution is 2.22. The highest BCUT2D eigenvalue weighted by atomic mass is 16.4. The molecular formula is C10H13N3O. The average molecular weight is 191 g/mol. The molecule has 0 aliphatic heterocycles. The van der Waals surface area contributed by atoms with Gasteiger partial charge < -0.3 is 4.42 Å². The molecule has 0 aliphatic rings. The largest absolute Gasteiger partial charge is 0.441 e. The molecule has 0 unspecified atom stereocenters. The number of nitrogens with zero attached hydrogens (tertiary/aromatic N) is 3. The van der Waals surface area contributed by atoms with E-state index in [1.807, 2.05) is 13.2 Å². The molecule has 14 heavy (non-hydrogen) atoms. The standard InChI is InChI=1S/C10H13N3O/c1-7(2)9-5-11-10(14-9)8-4-12-13(3)6-8/h4-7H,1-3H3. The second kappa shape index (κ2) is 3.29. The van der Waals surface area contributed by atoms with Crippen molar-refractivity contribution < 1.29 is 4.42 Å². The van der Waals surface area contributed by atoms with Crippen molar-refractivity contribution in [2.75, 3.05) is 0 Å². The van der Waals surface area contributed by atoms with Crippen molar-refractivity contribution >= 4 is 0 Å². The van der Waals surface area contributed by atoms with Crippen LogP contribution in [0.3, 0.4) is 0 Å². The van der Waals surface area contributed by atoms with E-state index in [1.165, 1.54) is 0 Å². The van der Waals surface area contributed by atoms with Crippen molar-refractivity contribution in [3.8, 4) is 11.5 Å². The Hall–Kier alpha value is -1.58. The first kappa shape index (κ1) is 8.99. The van der Waals surface area contributed by atoms with Crippen molar-refractivity contribution in [2.24, 2.45) is 7.05 Å². The zero-order chi connectivity index (χ0) is 10.1. The van der Waals surface area contributed by atoms with Crippen LogP contribution in [0.25, 0.3) is 11.5 Å². The van der Waals surface area contributed by atoms with E-state index in [0.717, 1.165) is 11.3 Å². The molecule has 74 valence electrons. The monoisotopic (exact) mass is 191 g/mol. The summed E-state index contributed by atoms with van der Waals surface area (Å²) in [6, 6.07) is 0. The summed E-state index contributed by atoms with van der Waals surface area (Å²) in [5.74, 6) is 1.92. The van der Waals surface area contributed by atoms with Crippen molar-refractivity contribution in [2.45, 2.75) is 19.8 Å². The van der Waals surface area contributed by atoms with Gasteiger partial charge >= 0.3 is 0 Å².